The van der Waals surface area contributed by atoms with Gasteiger partial charge in [-0.2, -0.15) is 0 Å². The van der Waals surface area contributed by atoms with E-state index in [0.717, 1.165) is 11.1 Å². The molecule has 1 N–H and O–H groups in total. The summed E-state index contributed by atoms with van der Waals surface area (Å²) in [4.78, 5) is 0. The maximum atomic E-state index is 9.63. The Morgan fingerprint density at radius 1 is 1.50 bits per heavy atom. The summed E-state index contributed by atoms with van der Waals surface area (Å²) in [6.07, 6.45) is 1.95. The standard InChI is InChI=1S/C11H14O/c1-3-6-11(12)10-8-5-4-7-9(10)2/h3-5,7-8,11-12H,1,6H2,2H3/t11-/m0/s1. The van der Waals surface area contributed by atoms with Crippen molar-refractivity contribution in [2.45, 2.75) is 19.4 Å². The molecule has 0 aliphatic heterocycles. The van der Waals surface area contributed by atoms with Gasteiger partial charge in [-0.1, -0.05) is 30.3 Å². The fourth-order valence-corrected chi connectivity index (χ4v) is 1.25. The van der Waals surface area contributed by atoms with Crippen molar-refractivity contribution in [3.63, 3.8) is 0 Å². The first-order chi connectivity index (χ1) is 5.75. The van der Waals surface area contributed by atoms with Gasteiger partial charge in [0.2, 0.25) is 0 Å². The molecule has 1 aromatic rings. The zero-order chi connectivity index (χ0) is 8.97. The molecule has 0 unspecified atom stereocenters. The molecule has 0 saturated carbocycles. The average molecular weight is 162 g/mol. The molecule has 0 amide bonds. The zero-order valence-electron chi connectivity index (χ0n) is 7.33. The van der Waals surface area contributed by atoms with Crippen molar-refractivity contribution in [2.75, 3.05) is 0 Å². The summed E-state index contributed by atoms with van der Waals surface area (Å²) in [5.74, 6) is 0. The number of aryl methyl sites for hydroxylation is 1. The first-order valence-electron chi connectivity index (χ1n) is 4.10. The lowest BCUT2D eigenvalue weighted by Gasteiger charge is -2.10. The van der Waals surface area contributed by atoms with Crippen LogP contribution >= 0.6 is 0 Å². The highest BCUT2D eigenvalue weighted by Gasteiger charge is 2.06. The fraction of sp³-hybridized carbons (Fsp3) is 0.273. The molecule has 0 saturated heterocycles. The van der Waals surface area contributed by atoms with E-state index in [1.54, 1.807) is 6.08 Å². The molecule has 1 atom stereocenters. The Hall–Kier alpha value is -1.08. The number of rotatable bonds is 3. The van der Waals surface area contributed by atoms with E-state index < -0.39 is 6.10 Å². The lowest BCUT2D eigenvalue weighted by atomic mass is 10.0. The average Bonchev–Trinajstić information content (AvgIpc) is 2.05. The molecule has 1 heteroatoms. The van der Waals surface area contributed by atoms with Crippen LogP contribution in [0.5, 0.6) is 0 Å². The molecular weight excluding hydrogens is 148 g/mol. The van der Waals surface area contributed by atoms with Crippen LogP contribution in [0.25, 0.3) is 0 Å². The van der Waals surface area contributed by atoms with E-state index in [1.165, 1.54) is 0 Å². The third-order valence-electron chi connectivity index (χ3n) is 1.94. The highest BCUT2D eigenvalue weighted by molar-refractivity contribution is 5.27. The van der Waals surface area contributed by atoms with Crippen LogP contribution in [-0.4, -0.2) is 5.11 Å². The molecular formula is C11H14O. The van der Waals surface area contributed by atoms with Crippen LogP contribution in [0.4, 0.5) is 0 Å². The van der Waals surface area contributed by atoms with E-state index >= 15 is 0 Å². The number of aliphatic hydroxyl groups excluding tert-OH is 1. The van der Waals surface area contributed by atoms with Crippen LogP contribution in [0, 0.1) is 6.92 Å². The molecule has 0 spiro atoms. The number of aliphatic hydroxyl groups is 1. The van der Waals surface area contributed by atoms with Crippen LogP contribution in [0.15, 0.2) is 36.9 Å². The maximum absolute atomic E-state index is 9.63. The summed E-state index contributed by atoms with van der Waals surface area (Å²) in [5.41, 5.74) is 2.13. The fourth-order valence-electron chi connectivity index (χ4n) is 1.25. The van der Waals surface area contributed by atoms with E-state index in [1.807, 2.05) is 31.2 Å². The smallest absolute Gasteiger partial charge is 0.0826 e. The van der Waals surface area contributed by atoms with E-state index in [4.69, 9.17) is 0 Å². The van der Waals surface area contributed by atoms with Crippen LogP contribution in [0.2, 0.25) is 0 Å². The predicted octanol–water partition coefficient (Wildman–Crippen LogP) is 2.60. The Morgan fingerprint density at radius 3 is 2.75 bits per heavy atom. The van der Waals surface area contributed by atoms with Crippen LogP contribution in [0.3, 0.4) is 0 Å². The molecule has 12 heavy (non-hydrogen) atoms. The topological polar surface area (TPSA) is 20.2 Å². The van der Waals surface area contributed by atoms with E-state index in [2.05, 4.69) is 6.58 Å². The van der Waals surface area contributed by atoms with Gasteiger partial charge in [0.15, 0.2) is 0 Å². The molecule has 1 aromatic carbocycles. The number of hydrogen-bond donors (Lipinski definition) is 1. The summed E-state index contributed by atoms with van der Waals surface area (Å²) in [5, 5.41) is 9.63. The Morgan fingerprint density at radius 2 is 2.17 bits per heavy atom. The summed E-state index contributed by atoms with van der Waals surface area (Å²) in [6.45, 7) is 5.60. The molecule has 64 valence electrons. The molecule has 0 aliphatic rings. The van der Waals surface area contributed by atoms with Crippen LogP contribution in [-0.2, 0) is 0 Å². The molecule has 0 aliphatic carbocycles. The summed E-state index contributed by atoms with van der Waals surface area (Å²) < 4.78 is 0. The largest absolute Gasteiger partial charge is 0.388 e. The second-order valence-electron chi connectivity index (χ2n) is 2.90. The minimum absolute atomic E-state index is 0.399. The van der Waals surface area contributed by atoms with Crippen molar-refractivity contribution in [1.29, 1.82) is 0 Å². The summed E-state index contributed by atoms with van der Waals surface area (Å²) in [7, 11) is 0. The Bertz CT molecular complexity index is 265. The number of benzene rings is 1. The van der Waals surface area contributed by atoms with Crippen molar-refractivity contribution < 1.29 is 5.11 Å². The van der Waals surface area contributed by atoms with Crippen molar-refractivity contribution in [3.8, 4) is 0 Å². The Kier molecular flexibility index (Phi) is 3.06. The van der Waals surface area contributed by atoms with Gasteiger partial charge in [0, 0.05) is 0 Å². The molecule has 1 rings (SSSR count). The molecule has 0 heterocycles. The number of hydrogen-bond acceptors (Lipinski definition) is 1. The highest BCUT2D eigenvalue weighted by Crippen LogP contribution is 2.19. The molecule has 0 radical (unpaired) electrons. The first-order valence-corrected chi connectivity index (χ1v) is 4.10. The molecule has 0 aromatic heterocycles. The van der Waals surface area contributed by atoms with Gasteiger partial charge in [-0.05, 0) is 24.5 Å². The highest BCUT2D eigenvalue weighted by atomic mass is 16.3. The minimum Gasteiger partial charge on any atom is -0.388 e. The van der Waals surface area contributed by atoms with E-state index in [-0.39, 0.29) is 0 Å². The van der Waals surface area contributed by atoms with Gasteiger partial charge in [-0.3, -0.25) is 0 Å². The zero-order valence-corrected chi connectivity index (χ0v) is 7.33. The van der Waals surface area contributed by atoms with E-state index in [0.29, 0.717) is 6.42 Å². The summed E-state index contributed by atoms with van der Waals surface area (Å²) in [6, 6.07) is 7.86. The van der Waals surface area contributed by atoms with Crippen molar-refractivity contribution in [1.82, 2.24) is 0 Å². The van der Waals surface area contributed by atoms with Gasteiger partial charge < -0.3 is 5.11 Å². The quantitative estimate of drug-likeness (QED) is 0.677. The van der Waals surface area contributed by atoms with Gasteiger partial charge >= 0.3 is 0 Å². The SMILES string of the molecule is C=CC[C@H](O)c1ccccc1C. The summed E-state index contributed by atoms with van der Waals surface area (Å²) >= 11 is 0. The second-order valence-corrected chi connectivity index (χ2v) is 2.90. The molecule has 0 fully saturated rings. The third kappa shape index (κ3) is 1.95. The monoisotopic (exact) mass is 162 g/mol. The van der Waals surface area contributed by atoms with Gasteiger partial charge in [-0.25, -0.2) is 0 Å². The van der Waals surface area contributed by atoms with Crippen molar-refractivity contribution in [3.05, 3.63) is 48.0 Å². The van der Waals surface area contributed by atoms with Gasteiger partial charge in [0.25, 0.3) is 0 Å². The van der Waals surface area contributed by atoms with E-state index in [9.17, 15) is 5.11 Å². The lowest BCUT2D eigenvalue weighted by Crippen LogP contribution is -1.97. The second kappa shape index (κ2) is 4.07. The van der Waals surface area contributed by atoms with Crippen LogP contribution < -0.4 is 0 Å². The van der Waals surface area contributed by atoms with Gasteiger partial charge in [0.05, 0.1) is 6.10 Å². The Balaban J connectivity index is 2.86. The minimum atomic E-state index is -0.399. The maximum Gasteiger partial charge on any atom is 0.0826 e. The normalized spacial score (nSPS) is 12.5. The van der Waals surface area contributed by atoms with Crippen molar-refractivity contribution >= 4 is 0 Å². The van der Waals surface area contributed by atoms with Crippen LogP contribution in [0.1, 0.15) is 23.7 Å². The predicted molar refractivity (Wildman–Crippen MR) is 51.0 cm³/mol. The van der Waals surface area contributed by atoms with Gasteiger partial charge in [0.1, 0.15) is 0 Å². The third-order valence-corrected chi connectivity index (χ3v) is 1.94. The lowest BCUT2D eigenvalue weighted by molar-refractivity contribution is 0.181. The molecule has 0 bridgehead atoms. The van der Waals surface area contributed by atoms with Gasteiger partial charge in [-0.15, -0.1) is 6.58 Å². The van der Waals surface area contributed by atoms with Crippen molar-refractivity contribution in [2.24, 2.45) is 0 Å². The molecule has 1 nitrogen and oxygen atoms in total. The first kappa shape index (κ1) is 9.01. The Labute approximate surface area is 73.4 Å².